The lowest BCUT2D eigenvalue weighted by atomic mass is 9.41. The lowest BCUT2D eigenvalue weighted by molar-refractivity contribution is -0.0280. The van der Waals surface area contributed by atoms with Crippen LogP contribution in [0.5, 0.6) is 0 Å². The van der Waals surface area contributed by atoms with Crippen LogP contribution >= 0.6 is 0 Å². The van der Waals surface area contributed by atoms with Gasteiger partial charge in [-0.25, -0.2) is 9.97 Å². The zero-order chi connectivity index (χ0) is 39.1. The van der Waals surface area contributed by atoms with Crippen molar-refractivity contribution >= 4 is 32.6 Å². The Morgan fingerprint density at radius 1 is 0.508 bits per heavy atom. The van der Waals surface area contributed by atoms with Crippen LogP contribution in [-0.4, -0.2) is 14.5 Å². The van der Waals surface area contributed by atoms with E-state index in [1.54, 1.807) is 0 Å². The summed E-state index contributed by atoms with van der Waals surface area (Å²) in [7, 11) is 0. The molecular weight excluding hydrogens is 717 g/mol. The van der Waals surface area contributed by atoms with E-state index in [0.29, 0.717) is 5.56 Å². The number of fused-ring (bicyclic) bond motifs is 4. The molecule has 0 radical (unpaired) electrons. The van der Waals surface area contributed by atoms with Gasteiger partial charge in [-0.3, -0.25) is 0 Å². The molecule has 4 saturated carbocycles. The highest BCUT2D eigenvalue weighted by molar-refractivity contribution is 6.09. The quantitative estimate of drug-likeness (QED) is 0.170. The number of benzene rings is 7. The minimum atomic E-state index is 0.148. The highest BCUT2D eigenvalue weighted by atomic mass is 15.0. The molecule has 4 fully saturated rings. The lowest BCUT2D eigenvalue weighted by Crippen LogP contribution is -2.55. The number of hydrogen-bond acceptors (Lipinski definition) is 3. The van der Waals surface area contributed by atoms with E-state index >= 15 is 0 Å². The molecule has 2 aromatic heterocycles. The van der Waals surface area contributed by atoms with Crippen LogP contribution in [0.4, 0.5) is 0 Å². The van der Waals surface area contributed by atoms with Crippen molar-refractivity contribution in [3.8, 4) is 45.7 Å². The van der Waals surface area contributed by atoms with Crippen molar-refractivity contribution in [1.29, 1.82) is 5.26 Å². The highest BCUT2D eigenvalue weighted by Crippen LogP contribution is 2.66. The molecule has 4 bridgehead atoms. The first-order valence-corrected chi connectivity index (χ1v) is 21.1. The third-order valence-corrected chi connectivity index (χ3v) is 14.2. The largest absolute Gasteiger partial charge is 0.309 e. The van der Waals surface area contributed by atoms with Gasteiger partial charge in [-0.1, -0.05) is 121 Å². The zero-order valence-electron chi connectivity index (χ0n) is 32.9. The fraction of sp³-hybridized carbons (Fsp3) is 0.182. The molecule has 0 spiro atoms. The van der Waals surface area contributed by atoms with E-state index in [-0.39, 0.29) is 10.8 Å². The molecule has 4 aliphatic rings. The van der Waals surface area contributed by atoms with Gasteiger partial charge in [0.2, 0.25) is 0 Å². The van der Waals surface area contributed by atoms with E-state index < -0.39 is 0 Å². The Bertz CT molecular complexity index is 3120. The van der Waals surface area contributed by atoms with Crippen LogP contribution in [-0.2, 0) is 10.8 Å². The molecule has 282 valence electrons. The third kappa shape index (κ3) is 5.56. The van der Waals surface area contributed by atoms with Crippen molar-refractivity contribution in [3.05, 3.63) is 187 Å². The van der Waals surface area contributed by atoms with Gasteiger partial charge in [-0.2, -0.15) is 5.26 Å². The molecule has 0 N–H and O–H groups in total. The van der Waals surface area contributed by atoms with E-state index in [2.05, 4.69) is 162 Å². The van der Waals surface area contributed by atoms with Gasteiger partial charge in [0, 0.05) is 33.2 Å². The van der Waals surface area contributed by atoms with Gasteiger partial charge in [0.1, 0.15) is 0 Å². The maximum Gasteiger partial charge on any atom is 0.160 e. The molecule has 0 aliphatic heterocycles. The molecule has 4 aliphatic carbocycles. The summed E-state index contributed by atoms with van der Waals surface area (Å²) in [6.45, 7) is 0. The van der Waals surface area contributed by atoms with E-state index in [1.807, 2.05) is 18.2 Å². The van der Waals surface area contributed by atoms with Crippen molar-refractivity contribution in [2.75, 3.05) is 0 Å². The van der Waals surface area contributed by atoms with Crippen LogP contribution < -0.4 is 0 Å². The summed E-state index contributed by atoms with van der Waals surface area (Å²) in [5, 5.41) is 14.5. The summed E-state index contributed by atoms with van der Waals surface area (Å²) >= 11 is 0. The Morgan fingerprint density at radius 3 is 1.90 bits per heavy atom. The van der Waals surface area contributed by atoms with Crippen LogP contribution in [0.15, 0.2) is 170 Å². The molecule has 2 unspecified atom stereocenters. The van der Waals surface area contributed by atoms with Crippen molar-refractivity contribution in [1.82, 2.24) is 14.5 Å². The summed E-state index contributed by atoms with van der Waals surface area (Å²) in [5.41, 5.74) is 12.6. The molecule has 4 nitrogen and oxygen atoms in total. The predicted octanol–water partition coefficient (Wildman–Crippen LogP) is 13.4. The molecule has 7 aromatic carbocycles. The molecular formula is C55H42N4. The Hall–Kier alpha value is -6.83. The molecule has 0 amide bonds. The molecule has 9 aromatic rings. The monoisotopic (exact) mass is 758 g/mol. The van der Waals surface area contributed by atoms with Gasteiger partial charge in [-0.05, 0) is 132 Å². The lowest BCUT2D eigenvalue weighted by Gasteiger charge is -2.63. The topological polar surface area (TPSA) is 54.5 Å². The van der Waals surface area contributed by atoms with Crippen LogP contribution in [0.3, 0.4) is 0 Å². The summed E-state index contributed by atoms with van der Waals surface area (Å²) < 4.78 is 2.41. The maximum absolute atomic E-state index is 9.52. The van der Waals surface area contributed by atoms with Crippen LogP contribution in [0.25, 0.3) is 72.2 Å². The van der Waals surface area contributed by atoms with Gasteiger partial charge in [0.25, 0.3) is 0 Å². The Labute approximate surface area is 344 Å². The molecule has 2 heterocycles. The molecule has 4 heteroatoms. The average molecular weight is 759 g/mol. The van der Waals surface area contributed by atoms with Crippen LogP contribution in [0.2, 0.25) is 0 Å². The van der Waals surface area contributed by atoms with Gasteiger partial charge < -0.3 is 4.57 Å². The third-order valence-electron chi connectivity index (χ3n) is 14.2. The highest BCUT2D eigenvalue weighted by Gasteiger charge is 2.58. The smallest absolute Gasteiger partial charge is 0.160 e. The van der Waals surface area contributed by atoms with Crippen LogP contribution in [0, 0.1) is 23.2 Å². The van der Waals surface area contributed by atoms with Crippen molar-refractivity contribution in [2.45, 2.75) is 49.4 Å². The second-order valence-electron chi connectivity index (χ2n) is 17.7. The molecule has 2 atom stereocenters. The number of nitrogens with zero attached hydrogens (tertiary/aromatic N) is 4. The van der Waals surface area contributed by atoms with E-state index in [9.17, 15) is 5.26 Å². The average Bonchev–Trinajstić information content (AvgIpc) is 3.62. The van der Waals surface area contributed by atoms with Gasteiger partial charge in [-0.15, -0.1) is 0 Å². The summed E-state index contributed by atoms with van der Waals surface area (Å²) in [5.74, 6) is 2.21. The first-order valence-electron chi connectivity index (χ1n) is 21.1. The van der Waals surface area contributed by atoms with Gasteiger partial charge >= 0.3 is 0 Å². The Morgan fingerprint density at radius 2 is 1.14 bits per heavy atom. The summed E-state index contributed by atoms with van der Waals surface area (Å²) in [6, 6.07) is 63.6. The standard InChI is InChI=1S/C55H42N4/c56-34-36-14-23-46(24-15-36)59-51-13-7-6-12-47(51)48-25-22-45(28-52(48)59)55-32-37-26-38(33-55)31-54(30-37,35-55)44-20-18-40(19-21-44)49-29-50(58-53(57-49)41-9-2-1-3-10-41)43-17-16-39-8-4-5-11-42(39)27-43/h1-25,27-29,37-38H,26,30-33,35H2. The fourth-order valence-electron chi connectivity index (χ4n) is 12.0. The maximum atomic E-state index is 9.52. The second kappa shape index (κ2) is 13.1. The number of para-hydroxylation sites is 1. The SMILES string of the molecule is N#Cc1ccc(-n2c3ccccc3c3ccc(C45CC6CC(CC(c7ccc(-c8cc(-c9ccc%10ccccc%10c9)nc(-c9ccccc9)n8)cc7)(C6)C4)C5)cc32)cc1. The number of aromatic nitrogens is 3. The first-order chi connectivity index (χ1) is 29.0. The second-order valence-corrected chi connectivity index (χ2v) is 17.7. The summed E-state index contributed by atoms with van der Waals surface area (Å²) in [6.07, 6.45) is 7.63. The predicted molar refractivity (Wildman–Crippen MR) is 239 cm³/mol. The van der Waals surface area contributed by atoms with Crippen molar-refractivity contribution < 1.29 is 0 Å². The normalized spacial score (nSPS) is 21.9. The van der Waals surface area contributed by atoms with E-state index in [0.717, 1.165) is 51.4 Å². The molecule has 0 saturated heterocycles. The minimum absolute atomic E-state index is 0.148. The van der Waals surface area contributed by atoms with Crippen molar-refractivity contribution in [2.24, 2.45) is 11.8 Å². The van der Waals surface area contributed by atoms with Gasteiger partial charge in [0.05, 0.1) is 34.1 Å². The number of nitriles is 1. The number of rotatable bonds is 6. The zero-order valence-corrected chi connectivity index (χ0v) is 32.9. The van der Waals surface area contributed by atoms with Gasteiger partial charge in [0.15, 0.2) is 5.82 Å². The fourth-order valence-corrected chi connectivity index (χ4v) is 12.0. The summed E-state index contributed by atoms with van der Waals surface area (Å²) in [4.78, 5) is 10.3. The van der Waals surface area contributed by atoms with Crippen molar-refractivity contribution in [3.63, 3.8) is 0 Å². The first kappa shape index (κ1) is 34.2. The Balaban J connectivity index is 0.925. The van der Waals surface area contributed by atoms with Crippen LogP contribution in [0.1, 0.15) is 55.2 Å². The van der Waals surface area contributed by atoms with E-state index in [1.165, 1.54) is 82.2 Å². The van der Waals surface area contributed by atoms with E-state index in [4.69, 9.17) is 9.97 Å². The number of hydrogen-bond donors (Lipinski definition) is 0. The molecule has 59 heavy (non-hydrogen) atoms. The molecule has 13 rings (SSSR count). The minimum Gasteiger partial charge on any atom is -0.309 e. The Kier molecular flexibility index (Phi) is 7.60.